The molecule has 2 aromatic heterocycles. The van der Waals surface area contributed by atoms with Gasteiger partial charge in [-0.25, -0.2) is 9.50 Å². The zero-order chi connectivity index (χ0) is 19.0. The number of aryl methyl sites for hydroxylation is 1. The molecule has 0 unspecified atom stereocenters. The van der Waals surface area contributed by atoms with Gasteiger partial charge in [0, 0.05) is 43.5 Å². The Morgan fingerprint density at radius 3 is 3.11 bits per heavy atom. The topological polar surface area (TPSA) is 91.7 Å². The molecule has 2 atom stereocenters. The number of likely N-dealkylation sites (tertiary alicyclic amines) is 1. The lowest BCUT2D eigenvalue weighted by atomic mass is 9.70. The van der Waals surface area contributed by atoms with Crippen LogP contribution in [-0.2, 0) is 16.1 Å². The number of aromatic nitrogens is 3. The van der Waals surface area contributed by atoms with E-state index < -0.39 is 5.41 Å². The number of carbonyl (C=O) groups excluding carboxylic acids is 1. The highest BCUT2D eigenvalue weighted by molar-refractivity contribution is 5.78. The molecule has 0 amide bonds. The predicted octanol–water partition coefficient (Wildman–Crippen LogP) is 0.838. The minimum Gasteiger partial charge on any atom is -0.465 e. The van der Waals surface area contributed by atoms with E-state index in [0.717, 1.165) is 43.7 Å². The fraction of sp³-hybridized carbons (Fsp3) is 0.632. The van der Waals surface area contributed by atoms with Crippen LogP contribution in [0.25, 0.3) is 5.65 Å². The van der Waals surface area contributed by atoms with Crippen LogP contribution in [0.3, 0.4) is 0 Å². The summed E-state index contributed by atoms with van der Waals surface area (Å²) in [5, 5.41) is 6.51. The summed E-state index contributed by atoms with van der Waals surface area (Å²) >= 11 is 0. The number of carbonyl (C=O) groups is 1. The lowest BCUT2D eigenvalue weighted by Crippen LogP contribution is -2.63. The Hall–Kier alpha value is -2.19. The Kier molecular flexibility index (Phi) is 4.77. The van der Waals surface area contributed by atoms with Crippen LogP contribution in [-0.4, -0.2) is 57.8 Å². The second-order valence-electron chi connectivity index (χ2n) is 7.70. The standard InChI is InChI=1S/C19H27N5O3/c1-3-27-18(26)19-6-4-7-20-15(19)5-8-23(12-19)11-14-10-17(25)24-16(21-14)9-13(2)22-24/h9-10,15,20,22H,3-8,11-12H2,1-2H3/t15-,19+/m0/s1. The SMILES string of the molecule is CCOC(=O)[C@@]12CCCN[C@H]1CCN(Cc1cc(=O)n3[nH]c(C)cc3n1)C2. The molecular weight excluding hydrogens is 346 g/mol. The van der Waals surface area contributed by atoms with E-state index >= 15 is 0 Å². The van der Waals surface area contributed by atoms with Gasteiger partial charge in [-0.3, -0.25) is 19.6 Å². The van der Waals surface area contributed by atoms with E-state index in [-0.39, 0.29) is 17.6 Å². The van der Waals surface area contributed by atoms with Gasteiger partial charge >= 0.3 is 5.97 Å². The molecule has 0 aliphatic carbocycles. The lowest BCUT2D eigenvalue weighted by Gasteiger charge is -2.49. The first kappa shape index (κ1) is 18.2. The summed E-state index contributed by atoms with van der Waals surface area (Å²) in [6.07, 6.45) is 2.70. The van der Waals surface area contributed by atoms with E-state index in [1.54, 1.807) is 6.07 Å². The Labute approximate surface area is 157 Å². The number of piperidine rings is 2. The van der Waals surface area contributed by atoms with E-state index in [1.165, 1.54) is 4.52 Å². The van der Waals surface area contributed by atoms with Gasteiger partial charge in [0.25, 0.3) is 5.56 Å². The summed E-state index contributed by atoms with van der Waals surface area (Å²) in [6, 6.07) is 3.60. The minimum atomic E-state index is -0.504. The molecule has 0 bridgehead atoms. The number of hydrogen-bond acceptors (Lipinski definition) is 6. The van der Waals surface area contributed by atoms with Crippen LogP contribution in [0.4, 0.5) is 0 Å². The van der Waals surface area contributed by atoms with Gasteiger partial charge in [-0.1, -0.05) is 0 Å². The van der Waals surface area contributed by atoms with Crippen LogP contribution in [0.15, 0.2) is 16.9 Å². The zero-order valence-electron chi connectivity index (χ0n) is 16.0. The van der Waals surface area contributed by atoms with Crippen molar-refractivity contribution in [2.75, 3.05) is 26.2 Å². The molecule has 2 aliphatic heterocycles. The highest BCUT2D eigenvalue weighted by Gasteiger charge is 2.51. The summed E-state index contributed by atoms with van der Waals surface area (Å²) in [5.74, 6) is -0.100. The van der Waals surface area contributed by atoms with Crippen LogP contribution in [0.2, 0.25) is 0 Å². The molecule has 8 nitrogen and oxygen atoms in total. The third-order valence-corrected chi connectivity index (χ3v) is 5.80. The quantitative estimate of drug-likeness (QED) is 0.772. The summed E-state index contributed by atoms with van der Waals surface area (Å²) in [4.78, 5) is 32.0. The first-order valence-corrected chi connectivity index (χ1v) is 9.73. The molecule has 2 saturated heterocycles. The molecule has 4 rings (SSSR count). The van der Waals surface area contributed by atoms with Crippen molar-refractivity contribution >= 4 is 11.6 Å². The molecule has 146 valence electrons. The van der Waals surface area contributed by atoms with Gasteiger partial charge in [0.05, 0.1) is 17.7 Å². The summed E-state index contributed by atoms with van der Waals surface area (Å²) < 4.78 is 6.90. The van der Waals surface area contributed by atoms with Crippen LogP contribution >= 0.6 is 0 Å². The fourth-order valence-electron chi connectivity index (χ4n) is 4.60. The number of fused-ring (bicyclic) bond motifs is 2. The van der Waals surface area contributed by atoms with Crippen molar-refractivity contribution in [2.24, 2.45) is 5.41 Å². The van der Waals surface area contributed by atoms with Crippen molar-refractivity contribution in [3.05, 3.63) is 33.9 Å². The zero-order valence-corrected chi connectivity index (χ0v) is 16.0. The average molecular weight is 373 g/mol. The van der Waals surface area contributed by atoms with Gasteiger partial charge in [-0.05, 0) is 39.7 Å². The van der Waals surface area contributed by atoms with E-state index in [2.05, 4.69) is 20.3 Å². The molecule has 27 heavy (non-hydrogen) atoms. The maximum Gasteiger partial charge on any atom is 0.314 e. The second kappa shape index (κ2) is 7.09. The molecule has 2 N–H and O–H groups in total. The van der Waals surface area contributed by atoms with Crippen LogP contribution < -0.4 is 10.9 Å². The number of ether oxygens (including phenoxy) is 1. The van der Waals surface area contributed by atoms with Crippen molar-refractivity contribution in [3.63, 3.8) is 0 Å². The molecule has 2 fully saturated rings. The maximum absolute atomic E-state index is 12.8. The summed E-state index contributed by atoms with van der Waals surface area (Å²) in [6.45, 7) is 7.17. The van der Waals surface area contributed by atoms with E-state index in [9.17, 15) is 9.59 Å². The molecule has 8 heteroatoms. The monoisotopic (exact) mass is 373 g/mol. The van der Waals surface area contributed by atoms with Gasteiger partial charge in [-0.2, -0.15) is 0 Å². The Balaban J connectivity index is 1.58. The number of esters is 1. The molecule has 0 spiro atoms. The fourth-order valence-corrected chi connectivity index (χ4v) is 4.60. The third-order valence-electron chi connectivity index (χ3n) is 5.80. The number of nitrogens with zero attached hydrogens (tertiary/aromatic N) is 3. The highest BCUT2D eigenvalue weighted by Crippen LogP contribution is 2.39. The normalized spacial score (nSPS) is 26.1. The first-order valence-electron chi connectivity index (χ1n) is 9.73. The molecular formula is C19H27N5O3. The smallest absolute Gasteiger partial charge is 0.314 e. The molecule has 4 heterocycles. The highest BCUT2D eigenvalue weighted by atomic mass is 16.5. The van der Waals surface area contributed by atoms with Gasteiger partial charge in [0.15, 0.2) is 5.65 Å². The van der Waals surface area contributed by atoms with E-state index in [4.69, 9.17) is 4.74 Å². The Morgan fingerprint density at radius 2 is 2.30 bits per heavy atom. The minimum absolute atomic E-state index is 0.100. The van der Waals surface area contributed by atoms with Crippen LogP contribution in [0.5, 0.6) is 0 Å². The van der Waals surface area contributed by atoms with Gasteiger partial charge in [-0.15, -0.1) is 0 Å². The van der Waals surface area contributed by atoms with Crippen molar-refractivity contribution in [1.29, 1.82) is 0 Å². The number of aromatic amines is 1. The van der Waals surface area contributed by atoms with Gasteiger partial charge in [0.2, 0.25) is 0 Å². The van der Waals surface area contributed by atoms with E-state index in [1.807, 2.05) is 19.9 Å². The lowest BCUT2D eigenvalue weighted by molar-refractivity contribution is -0.164. The number of H-pyrrole nitrogens is 1. The second-order valence-corrected chi connectivity index (χ2v) is 7.70. The Bertz CT molecular complexity index is 904. The van der Waals surface area contributed by atoms with Crippen molar-refractivity contribution in [3.8, 4) is 0 Å². The Morgan fingerprint density at radius 1 is 1.44 bits per heavy atom. The molecule has 0 radical (unpaired) electrons. The van der Waals surface area contributed by atoms with Crippen molar-refractivity contribution in [1.82, 2.24) is 24.8 Å². The molecule has 2 aliphatic rings. The largest absolute Gasteiger partial charge is 0.465 e. The average Bonchev–Trinajstić information content (AvgIpc) is 3.02. The predicted molar refractivity (Wildman–Crippen MR) is 101 cm³/mol. The van der Waals surface area contributed by atoms with Crippen LogP contribution in [0.1, 0.15) is 37.6 Å². The van der Waals surface area contributed by atoms with Gasteiger partial charge in [0.1, 0.15) is 0 Å². The third kappa shape index (κ3) is 3.27. The molecule has 2 aromatic rings. The number of nitrogens with one attached hydrogen (secondary N) is 2. The van der Waals surface area contributed by atoms with Crippen molar-refractivity contribution < 1.29 is 9.53 Å². The number of hydrogen-bond donors (Lipinski definition) is 2. The molecule has 0 aromatic carbocycles. The number of rotatable bonds is 4. The van der Waals surface area contributed by atoms with Crippen molar-refractivity contribution in [2.45, 2.75) is 45.7 Å². The maximum atomic E-state index is 12.8. The first-order chi connectivity index (χ1) is 13.0. The van der Waals surface area contributed by atoms with E-state index in [0.29, 0.717) is 25.3 Å². The van der Waals surface area contributed by atoms with Gasteiger partial charge < -0.3 is 10.1 Å². The van der Waals surface area contributed by atoms with Crippen LogP contribution in [0, 0.1) is 12.3 Å². The summed E-state index contributed by atoms with van der Waals surface area (Å²) in [5.41, 5.74) is 1.64. The molecule has 0 saturated carbocycles. The summed E-state index contributed by atoms with van der Waals surface area (Å²) in [7, 11) is 0.